The maximum atomic E-state index is 4.72. The lowest BCUT2D eigenvalue weighted by molar-refractivity contribution is 0.671. The summed E-state index contributed by atoms with van der Waals surface area (Å²) < 4.78 is 2.06. The minimum Gasteiger partial charge on any atom is -0.379 e. The van der Waals surface area contributed by atoms with Gasteiger partial charge in [0, 0.05) is 17.6 Å². The van der Waals surface area contributed by atoms with Crippen LogP contribution in [-0.4, -0.2) is 9.78 Å². The number of para-hydroxylation sites is 1. The summed E-state index contributed by atoms with van der Waals surface area (Å²) in [5, 5.41) is 9.43. The predicted molar refractivity (Wildman–Crippen MR) is 88.6 cm³/mol. The number of anilines is 1. The van der Waals surface area contributed by atoms with Crippen molar-refractivity contribution in [3.63, 3.8) is 0 Å². The summed E-state index contributed by atoms with van der Waals surface area (Å²) in [6, 6.07) is 14.9. The van der Waals surface area contributed by atoms with E-state index in [1.165, 1.54) is 22.0 Å². The quantitative estimate of drug-likeness (QED) is 0.772. The Labute approximate surface area is 125 Å². The molecule has 0 saturated carbocycles. The van der Waals surface area contributed by atoms with Gasteiger partial charge in [-0.15, -0.1) is 0 Å². The van der Waals surface area contributed by atoms with Crippen LogP contribution >= 0.6 is 0 Å². The van der Waals surface area contributed by atoms with E-state index >= 15 is 0 Å². The largest absolute Gasteiger partial charge is 0.379 e. The first-order valence-corrected chi connectivity index (χ1v) is 7.44. The maximum Gasteiger partial charge on any atom is 0.0894 e. The number of nitrogens with zero attached hydrogens (tertiary/aromatic N) is 2. The van der Waals surface area contributed by atoms with Crippen molar-refractivity contribution in [3.05, 3.63) is 59.3 Å². The molecule has 0 aliphatic carbocycles. The average molecular weight is 279 g/mol. The highest BCUT2D eigenvalue weighted by molar-refractivity contribution is 5.82. The van der Waals surface area contributed by atoms with Gasteiger partial charge in [-0.05, 0) is 50.1 Å². The molecule has 1 N–H and O–H groups in total. The SMILES string of the molecule is CCn1nc(CNc2ccc(C)c(C)c2)c2ccccc21. The predicted octanol–water partition coefficient (Wildman–Crippen LogP) is 4.29. The highest BCUT2D eigenvalue weighted by atomic mass is 15.3. The van der Waals surface area contributed by atoms with Crippen molar-refractivity contribution in [1.29, 1.82) is 0 Å². The van der Waals surface area contributed by atoms with Gasteiger partial charge in [-0.1, -0.05) is 24.3 Å². The molecule has 0 fully saturated rings. The summed E-state index contributed by atoms with van der Waals surface area (Å²) in [5.41, 5.74) is 6.08. The molecule has 0 saturated heterocycles. The van der Waals surface area contributed by atoms with Gasteiger partial charge in [-0.25, -0.2) is 0 Å². The van der Waals surface area contributed by atoms with E-state index in [0.717, 1.165) is 24.5 Å². The molecule has 108 valence electrons. The molecule has 0 amide bonds. The van der Waals surface area contributed by atoms with Gasteiger partial charge in [0.15, 0.2) is 0 Å². The van der Waals surface area contributed by atoms with Crippen molar-refractivity contribution in [1.82, 2.24) is 9.78 Å². The van der Waals surface area contributed by atoms with Gasteiger partial charge in [0.05, 0.1) is 17.8 Å². The van der Waals surface area contributed by atoms with Gasteiger partial charge in [0.25, 0.3) is 0 Å². The molecular formula is C18H21N3. The summed E-state index contributed by atoms with van der Waals surface area (Å²) in [6.07, 6.45) is 0. The fourth-order valence-corrected chi connectivity index (χ4v) is 2.60. The average Bonchev–Trinajstić information content (AvgIpc) is 2.87. The molecule has 21 heavy (non-hydrogen) atoms. The van der Waals surface area contributed by atoms with Gasteiger partial charge >= 0.3 is 0 Å². The summed E-state index contributed by atoms with van der Waals surface area (Å²) >= 11 is 0. The fraction of sp³-hybridized carbons (Fsp3) is 0.278. The van der Waals surface area contributed by atoms with Crippen molar-refractivity contribution < 1.29 is 0 Å². The van der Waals surface area contributed by atoms with E-state index in [1.54, 1.807) is 0 Å². The third-order valence-corrected chi connectivity index (χ3v) is 4.00. The number of aromatic nitrogens is 2. The van der Waals surface area contributed by atoms with Crippen LogP contribution in [-0.2, 0) is 13.1 Å². The van der Waals surface area contributed by atoms with E-state index in [9.17, 15) is 0 Å². The molecule has 0 aliphatic rings. The standard InChI is InChI=1S/C18H21N3/c1-4-21-18-8-6-5-7-16(18)17(20-21)12-19-15-10-9-13(2)14(3)11-15/h5-11,19H,4,12H2,1-3H3. The third-order valence-electron chi connectivity index (χ3n) is 4.00. The zero-order chi connectivity index (χ0) is 14.8. The fourth-order valence-electron chi connectivity index (χ4n) is 2.60. The third kappa shape index (κ3) is 2.64. The normalized spacial score (nSPS) is 11.0. The Morgan fingerprint density at radius 2 is 1.86 bits per heavy atom. The van der Waals surface area contributed by atoms with Crippen LogP contribution in [0.4, 0.5) is 5.69 Å². The van der Waals surface area contributed by atoms with Gasteiger partial charge in [0.2, 0.25) is 0 Å². The lowest BCUT2D eigenvalue weighted by atomic mass is 10.1. The number of benzene rings is 2. The molecule has 3 rings (SSSR count). The van der Waals surface area contributed by atoms with Gasteiger partial charge < -0.3 is 5.32 Å². The zero-order valence-corrected chi connectivity index (χ0v) is 12.9. The van der Waals surface area contributed by atoms with Crippen molar-refractivity contribution in [3.8, 4) is 0 Å². The Bertz CT molecular complexity index is 771. The van der Waals surface area contributed by atoms with E-state index in [4.69, 9.17) is 5.10 Å². The first-order valence-electron chi connectivity index (χ1n) is 7.44. The van der Waals surface area contributed by atoms with Crippen molar-refractivity contribution in [2.75, 3.05) is 5.32 Å². The van der Waals surface area contributed by atoms with Crippen LogP contribution in [0.2, 0.25) is 0 Å². The first kappa shape index (κ1) is 13.7. The van der Waals surface area contributed by atoms with E-state index in [1.807, 2.05) is 0 Å². The Morgan fingerprint density at radius 1 is 1.05 bits per heavy atom. The van der Waals surface area contributed by atoms with Crippen molar-refractivity contribution in [2.45, 2.75) is 33.9 Å². The highest BCUT2D eigenvalue weighted by Gasteiger charge is 2.08. The summed E-state index contributed by atoms with van der Waals surface area (Å²) in [4.78, 5) is 0. The minimum absolute atomic E-state index is 0.746. The number of aryl methyl sites for hydroxylation is 3. The summed E-state index contributed by atoms with van der Waals surface area (Å²) in [5.74, 6) is 0. The molecule has 2 aromatic carbocycles. The second kappa shape index (κ2) is 5.60. The Balaban J connectivity index is 1.86. The zero-order valence-electron chi connectivity index (χ0n) is 12.9. The Morgan fingerprint density at radius 3 is 2.62 bits per heavy atom. The molecule has 0 unspecified atom stereocenters. The van der Waals surface area contributed by atoms with Crippen LogP contribution in [0, 0.1) is 13.8 Å². The number of hydrogen-bond donors (Lipinski definition) is 1. The molecule has 0 radical (unpaired) electrons. The minimum atomic E-state index is 0.746. The van der Waals surface area contributed by atoms with Crippen LogP contribution in [0.3, 0.4) is 0 Å². The Kier molecular flexibility index (Phi) is 3.65. The maximum absolute atomic E-state index is 4.72. The van der Waals surface area contributed by atoms with Gasteiger partial charge in [-0.2, -0.15) is 5.10 Å². The molecular weight excluding hydrogens is 258 g/mol. The van der Waals surface area contributed by atoms with E-state index < -0.39 is 0 Å². The highest BCUT2D eigenvalue weighted by Crippen LogP contribution is 2.20. The summed E-state index contributed by atoms with van der Waals surface area (Å²) in [6.45, 7) is 8.04. The number of fused-ring (bicyclic) bond motifs is 1. The smallest absolute Gasteiger partial charge is 0.0894 e. The van der Waals surface area contributed by atoms with E-state index in [0.29, 0.717) is 0 Å². The molecule has 0 bridgehead atoms. The van der Waals surface area contributed by atoms with E-state index in [-0.39, 0.29) is 0 Å². The molecule has 3 heteroatoms. The molecule has 1 heterocycles. The van der Waals surface area contributed by atoms with E-state index in [2.05, 4.69) is 73.2 Å². The van der Waals surface area contributed by atoms with Crippen LogP contribution in [0.1, 0.15) is 23.7 Å². The second-order valence-corrected chi connectivity index (χ2v) is 5.43. The second-order valence-electron chi connectivity index (χ2n) is 5.43. The van der Waals surface area contributed by atoms with Gasteiger partial charge in [0.1, 0.15) is 0 Å². The first-order chi connectivity index (χ1) is 10.2. The van der Waals surface area contributed by atoms with Crippen LogP contribution in [0.25, 0.3) is 10.9 Å². The monoisotopic (exact) mass is 279 g/mol. The van der Waals surface area contributed by atoms with Crippen LogP contribution in [0.15, 0.2) is 42.5 Å². The topological polar surface area (TPSA) is 29.9 Å². The number of rotatable bonds is 4. The lowest BCUT2D eigenvalue weighted by Crippen LogP contribution is -2.03. The Hall–Kier alpha value is -2.29. The van der Waals surface area contributed by atoms with Crippen molar-refractivity contribution in [2.24, 2.45) is 0 Å². The number of nitrogens with one attached hydrogen (secondary N) is 1. The molecule has 0 spiro atoms. The van der Waals surface area contributed by atoms with Gasteiger partial charge in [-0.3, -0.25) is 4.68 Å². The molecule has 3 nitrogen and oxygen atoms in total. The molecule has 3 aromatic rings. The molecule has 0 atom stereocenters. The summed E-state index contributed by atoms with van der Waals surface area (Å²) in [7, 11) is 0. The van der Waals surface area contributed by atoms with Crippen molar-refractivity contribution >= 4 is 16.6 Å². The van der Waals surface area contributed by atoms with Crippen LogP contribution in [0.5, 0.6) is 0 Å². The number of hydrogen-bond acceptors (Lipinski definition) is 2. The lowest BCUT2D eigenvalue weighted by Gasteiger charge is -2.07. The molecule has 1 aromatic heterocycles. The molecule has 0 aliphatic heterocycles. The van der Waals surface area contributed by atoms with Crippen LogP contribution < -0.4 is 5.32 Å².